The summed E-state index contributed by atoms with van der Waals surface area (Å²) in [5.41, 5.74) is 1.24. The maximum Gasteiger partial charge on any atom is 0.286 e. The molecule has 0 atom stereocenters. The van der Waals surface area contributed by atoms with Gasteiger partial charge < -0.3 is 19.4 Å². The number of nitrogens with one attached hydrogen (secondary N) is 1. The van der Waals surface area contributed by atoms with Gasteiger partial charge >= 0.3 is 0 Å². The Kier molecular flexibility index (Phi) is 7.08. The number of rotatable bonds is 8. The molecule has 0 unspecified atom stereocenters. The Morgan fingerprint density at radius 3 is 2.50 bits per heavy atom. The molecule has 0 spiro atoms. The van der Waals surface area contributed by atoms with Crippen LogP contribution >= 0.6 is 0 Å². The van der Waals surface area contributed by atoms with Gasteiger partial charge in [0, 0.05) is 45.7 Å². The first kappa shape index (κ1) is 19.9. The fourth-order valence-corrected chi connectivity index (χ4v) is 3.21. The number of hydrogen-bond donors (Lipinski definition) is 1. The number of amides is 2. The molecule has 3 rings (SSSR count). The number of carbonyl (C=O) groups is 2. The first-order chi connectivity index (χ1) is 13.7. The van der Waals surface area contributed by atoms with Gasteiger partial charge in [0.1, 0.15) is 5.75 Å². The average molecular weight is 385 g/mol. The minimum absolute atomic E-state index is 0.0699. The number of carbonyl (C=O) groups excluding carboxylic acids is 2. The Morgan fingerprint density at radius 2 is 1.86 bits per heavy atom. The van der Waals surface area contributed by atoms with E-state index in [9.17, 15) is 9.59 Å². The molecule has 2 heterocycles. The molecule has 7 nitrogen and oxygen atoms in total. The summed E-state index contributed by atoms with van der Waals surface area (Å²) in [4.78, 5) is 28.4. The lowest BCUT2D eigenvalue weighted by molar-refractivity contribution is -0.132. The van der Waals surface area contributed by atoms with Crippen molar-refractivity contribution in [1.29, 1.82) is 0 Å². The lowest BCUT2D eigenvalue weighted by atomic mass is 10.2. The lowest BCUT2D eigenvalue weighted by Gasteiger charge is -2.34. The summed E-state index contributed by atoms with van der Waals surface area (Å²) >= 11 is 0. The molecule has 1 N–H and O–H groups in total. The van der Waals surface area contributed by atoms with Crippen LogP contribution in [0.3, 0.4) is 0 Å². The van der Waals surface area contributed by atoms with Gasteiger partial charge in [0.25, 0.3) is 5.91 Å². The summed E-state index contributed by atoms with van der Waals surface area (Å²) in [6, 6.07) is 11.4. The standard InChI is InChI=1S/C21H27N3O4/c1-2-27-18-7-5-17(6-8-18)16-23-11-13-24(14-12-23)20(25)9-10-22-21(26)19-4-3-15-28-19/h3-8,15H,2,9-14,16H2,1H3,(H,22,26). The van der Waals surface area contributed by atoms with E-state index in [0.717, 1.165) is 25.4 Å². The van der Waals surface area contributed by atoms with Crippen LogP contribution in [0.15, 0.2) is 47.1 Å². The van der Waals surface area contributed by atoms with Crippen LogP contribution < -0.4 is 10.1 Å². The van der Waals surface area contributed by atoms with E-state index < -0.39 is 0 Å². The fourth-order valence-electron chi connectivity index (χ4n) is 3.21. The molecular formula is C21H27N3O4. The van der Waals surface area contributed by atoms with Crippen molar-refractivity contribution < 1.29 is 18.7 Å². The van der Waals surface area contributed by atoms with Gasteiger partial charge in [-0.05, 0) is 36.8 Å². The molecule has 0 radical (unpaired) electrons. The summed E-state index contributed by atoms with van der Waals surface area (Å²) in [5, 5.41) is 2.71. The monoisotopic (exact) mass is 385 g/mol. The second-order valence-electron chi connectivity index (χ2n) is 6.72. The zero-order valence-electron chi connectivity index (χ0n) is 16.2. The first-order valence-corrected chi connectivity index (χ1v) is 9.69. The predicted molar refractivity (Wildman–Crippen MR) is 105 cm³/mol. The van der Waals surface area contributed by atoms with E-state index in [1.807, 2.05) is 24.0 Å². The SMILES string of the molecule is CCOc1ccc(CN2CCN(C(=O)CCNC(=O)c3ccco3)CC2)cc1. The third kappa shape index (κ3) is 5.60. The van der Waals surface area contributed by atoms with Crippen LogP contribution in [0, 0.1) is 0 Å². The molecule has 1 fully saturated rings. The Balaban J connectivity index is 1.36. The fraction of sp³-hybridized carbons (Fsp3) is 0.429. The number of hydrogen-bond acceptors (Lipinski definition) is 5. The molecule has 2 amide bonds. The number of furan rings is 1. The lowest BCUT2D eigenvalue weighted by Crippen LogP contribution is -2.48. The first-order valence-electron chi connectivity index (χ1n) is 9.69. The van der Waals surface area contributed by atoms with Crippen LogP contribution in [-0.4, -0.2) is 60.9 Å². The van der Waals surface area contributed by atoms with Crippen LogP contribution in [0.4, 0.5) is 0 Å². The molecule has 0 aliphatic carbocycles. The van der Waals surface area contributed by atoms with Gasteiger partial charge in [0.15, 0.2) is 5.76 Å². The molecular weight excluding hydrogens is 358 g/mol. The van der Waals surface area contributed by atoms with Crippen molar-refractivity contribution in [3.05, 3.63) is 54.0 Å². The number of nitrogens with zero attached hydrogens (tertiary/aromatic N) is 2. The second kappa shape index (κ2) is 9.94. The van der Waals surface area contributed by atoms with Crippen LogP contribution in [0.2, 0.25) is 0 Å². The van der Waals surface area contributed by atoms with E-state index in [-0.39, 0.29) is 17.6 Å². The normalized spacial score (nSPS) is 14.7. The summed E-state index contributed by atoms with van der Waals surface area (Å²) < 4.78 is 10.5. The van der Waals surface area contributed by atoms with E-state index in [1.54, 1.807) is 12.1 Å². The van der Waals surface area contributed by atoms with E-state index in [0.29, 0.717) is 32.7 Å². The van der Waals surface area contributed by atoms with E-state index in [4.69, 9.17) is 9.15 Å². The van der Waals surface area contributed by atoms with Crippen LogP contribution in [0.5, 0.6) is 5.75 Å². The molecule has 0 saturated carbocycles. The van der Waals surface area contributed by atoms with Crippen molar-refractivity contribution in [2.75, 3.05) is 39.3 Å². The van der Waals surface area contributed by atoms with Crippen molar-refractivity contribution in [1.82, 2.24) is 15.1 Å². The summed E-state index contributed by atoms with van der Waals surface area (Å²) in [7, 11) is 0. The van der Waals surface area contributed by atoms with Crippen molar-refractivity contribution in [3.63, 3.8) is 0 Å². The van der Waals surface area contributed by atoms with E-state index in [1.165, 1.54) is 11.8 Å². The van der Waals surface area contributed by atoms with Gasteiger partial charge in [-0.15, -0.1) is 0 Å². The van der Waals surface area contributed by atoms with Gasteiger partial charge in [0.05, 0.1) is 12.9 Å². The Bertz CT molecular complexity index is 750. The minimum atomic E-state index is -0.294. The van der Waals surface area contributed by atoms with Gasteiger partial charge in [-0.2, -0.15) is 0 Å². The van der Waals surface area contributed by atoms with Crippen LogP contribution in [0.1, 0.15) is 29.5 Å². The van der Waals surface area contributed by atoms with E-state index in [2.05, 4.69) is 22.3 Å². The highest BCUT2D eigenvalue weighted by atomic mass is 16.5. The smallest absolute Gasteiger partial charge is 0.286 e. The van der Waals surface area contributed by atoms with Crippen molar-refractivity contribution in [3.8, 4) is 5.75 Å². The van der Waals surface area contributed by atoms with E-state index >= 15 is 0 Å². The third-order valence-corrected chi connectivity index (χ3v) is 4.73. The molecule has 28 heavy (non-hydrogen) atoms. The molecule has 1 aromatic carbocycles. The highest BCUT2D eigenvalue weighted by Crippen LogP contribution is 2.15. The second-order valence-corrected chi connectivity index (χ2v) is 6.72. The molecule has 1 aliphatic heterocycles. The molecule has 1 saturated heterocycles. The van der Waals surface area contributed by atoms with Crippen molar-refractivity contribution >= 4 is 11.8 Å². The topological polar surface area (TPSA) is 75.0 Å². The molecule has 150 valence electrons. The van der Waals surface area contributed by atoms with Gasteiger partial charge in [-0.1, -0.05) is 12.1 Å². The average Bonchev–Trinajstić information content (AvgIpc) is 3.25. The van der Waals surface area contributed by atoms with Gasteiger partial charge in [0.2, 0.25) is 5.91 Å². The Morgan fingerprint density at radius 1 is 1.11 bits per heavy atom. The summed E-state index contributed by atoms with van der Waals surface area (Å²) in [6.07, 6.45) is 1.75. The molecule has 0 bridgehead atoms. The largest absolute Gasteiger partial charge is 0.494 e. The maximum absolute atomic E-state index is 12.3. The third-order valence-electron chi connectivity index (χ3n) is 4.73. The highest BCUT2D eigenvalue weighted by molar-refractivity contribution is 5.91. The zero-order valence-corrected chi connectivity index (χ0v) is 16.2. The highest BCUT2D eigenvalue weighted by Gasteiger charge is 2.21. The summed E-state index contributed by atoms with van der Waals surface area (Å²) in [5.74, 6) is 0.926. The quantitative estimate of drug-likeness (QED) is 0.754. The summed E-state index contributed by atoms with van der Waals surface area (Å²) in [6.45, 7) is 6.93. The molecule has 7 heteroatoms. The van der Waals surface area contributed by atoms with Gasteiger partial charge in [-0.25, -0.2) is 0 Å². The Labute approximate surface area is 165 Å². The number of piperazine rings is 1. The number of benzene rings is 1. The van der Waals surface area contributed by atoms with Crippen molar-refractivity contribution in [2.24, 2.45) is 0 Å². The molecule has 2 aromatic rings. The number of ether oxygens (including phenoxy) is 1. The molecule has 1 aromatic heterocycles. The maximum atomic E-state index is 12.3. The van der Waals surface area contributed by atoms with Crippen molar-refractivity contribution in [2.45, 2.75) is 19.9 Å². The minimum Gasteiger partial charge on any atom is -0.494 e. The zero-order chi connectivity index (χ0) is 19.8. The predicted octanol–water partition coefficient (Wildman–Crippen LogP) is 2.14. The Hall–Kier alpha value is -2.80. The van der Waals surface area contributed by atoms with Crippen LogP contribution in [0.25, 0.3) is 0 Å². The molecule has 1 aliphatic rings. The van der Waals surface area contributed by atoms with Gasteiger partial charge in [-0.3, -0.25) is 14.5 Å². The van der Waals surface area contributed by atoms with Crippen LogP contribution in [-0.2, 0) is 11.3 Å².